The Labute approximate surface area is 109 Å². The molecular formula is C13H25NO4. The lowest BCUT2D eigenvalue weighted by Gasteiger charge is -2.17. The molecule has 1 amide bonds. The molecule has 0 heterocycles. The molecule has 0 aliphatic heterocycles. The van der Waals surface area contributed by atoms with Crippen molar-refractivity contribution in [2.24, 2.45) is 5.92 Å². The van der Waals surface area contributed by atoms with Gasteiger partial charge in [0.25, 0.3) is 0 Å². The van der Waals surface area contributed by atoms with Crippen molar-refractivity contribution in [1.29, 1.82) is 0 Å². The highest BCUT2D eigenvalue weighted by molar-refractivity contribution is 5.76. The first kappa shape index (κ1) is 17.1. The zero-order valence-electron chi connectivity index (χ0n) is 11.6. The van der Waals surface area contributed by atoms with E-state index in [0.29, 0.717) is 45.2 Å². The molecule has 0 spiro atoms. The fourth-order valence-corrected chi connectivity index (χ4v) is 1.11. The number of rotatable bonds is 11. The summed E-state index contributed by atoms with van der Waals surface area (Å²) < 4.78 is 10.4. The van der Waals surface area contributed by atoms with Crippen LogP contribution in [-0.4, -0.2) is 44.7 Å². The summed E-state index contributed by atoms with van der Waals surface area (Å²) in [6.07, 6.45) is 1.60. The minimum Gasteiger partial charge on any atom is -0.379 e. The Morgan fingerprint density at radius 2 is 1.72 bits per heavy atom. The van der Waals surface area contributed by atoms with Gasteiger partial charge < -0.3 is 19.6 Å². The van der Waals surface area contributed by atoms with E-state index in [4.69, 9.17) is 9.47 Å². The molecule has 0 saturated carbocycles. The highest BCUT2D eigenvalue weighted by atomic mass is 16.5. The number of carbonyl (C=O) groups is 2. The van der Waals surface area contributed by atoms with Crippen molar-refractivity contribution in [3.05, 3.63) is 0 Å². The average molecular weight is 259 g/mol. The van der Waals surface area contributed by atoms with Gasteiger partial charge in [-0.3, -0.25) is 4.79 Å². The van der Waals surface area contributed by atoms with Gasteiger partial charge in [0.15, 0.2) is 0 Å². The van der Waals surface area contributed by atoms with Gasteiger partial charge in [0, 0.05) is 18.9 Å². The first-order chi connectivity index (χ1) is 8.57. The topological polar surface area (TPSA) is 64.6 Å². The van der Waals surface area contributed by atoms with Crippen LogP contribution in [0.4, 0.5) is 0 Å². The SMILES string of the molecule is CC(C)C(C)NC(=O)CCOCCOCCC=O. The van der Waals surface area contributed by atoms with Crippen LogP contribution in [-0.2, 0) is 19.1 Å². The molecule has 5 nitrogen and oxygen atoms in total. The molecule has 1 unspecified atom stereocenters. The molecule has 0 saturated heterocycles. The first-order valence-electron chi connectivity index (χ1n) is 6.46. The Kier molecular flexibility index (Phi) is 10.6. The molecule has 1 atom stereocenters. The van der Waals surface area contributed by atoms with E-state index in [1.54, 1.807) is 0 Å². The van der Waals surface area contributed by atoms with Crippen molar-refractivity contribution in [3.63, 3.8) is 0 Å². The lowest BCUT2D eigenvalue weighted by atomic mass is 10.1. The van der Waals surface area contributed by atoms with Gasteiger partial charge in [-0.15, -0.1) is 0 Å². The van der Waals surface area contributed by atoms with E-state index in [-0.39, 0.29) is 11.9 Å². The van der Waals surface area contributed by atoms with Crippen LogP contribution >= 0.6 is 0 Å². The zero-order valence-corrected chi connectivity index (χ0v) is 11.6. The minimum atomic E-state index is 0.0121. The summed E-state index contributed by atoms with van der Waals surface area (Å²) in [5, 5.41) is 2.91. The Morgan fingerprint density at radius 1 is 1.11 bits per heavy atom. The van der Waals surface area contributed by atoms with Crippen LogP contribution < -0.4 is 5.32 Å². The number of ether oxygens (including phenoxy) is 2. The van der Waals surface area contributed by atoms with Crippen molar-refractivity contribution >= 4 is 12.2 Å². The zero-order chi connectivity index (χ0) is 13.8. The number of carbonyl (C=O) groups excluding carboxylic acids is 2. The Hall–Kier alpha value is -0.940. The summed E-state index contributed by atoms with van der Waals surface area (Å²) in [6.45, 7) is 7.86. The van der Waals surface area contributed by atoms with Crippen LogP contribution in [0.2, 0.25) is 0 Å². The van der Waals surface area contributed by atoms with Crippen molar-refractivity contribution in [2.75, 3.05) is 26.4 Å². The van der Waals surface area contributed by atoms with Gasteiger partial charge >= 0.3 is 0 Å². The third-order valence-electron chi connectivity index (χ3n) is 2.61. The third-order valence-corrected chi connectivity index (χ3v) is 2.61. The van der Waals surface area contributed by atoms with E-state index in [2.05, 4.69) is 19.2 Å². The lowest BCUT2D eigenvalue weighted by molar-refractivity contribution is -0.123. The normalized spacial score (nSPS) is 12.4. The molecule has 0 aliphatic rings. The van der Waals surface area contributed by atoms with Gasteiger partial charge in [-0.25, -0.2) is 0 Å². The van der Waals surface area contributed by atoms with Crippen LogP contribution in [0.25, 0.3) is 0 Å². The number of aldehydes is 1. The molecule has 0 aromatic carbocycles. The van der Waals surface area contributed by atoms with Crippen molar-refractivity contribution in [3.8, 4) is 0 Å². The van der Waals surface area contributed by atoms with Gasteiger partial charge in [-0.1, -0.05) is 13.8 Å². The van der Waals surface area contributed by atoms with Crippen molar-refractivity contribution < 1.29 is 19.1 Å². The van der Waals surface area contributed by atoms with Crippen LogP contribution in [0.3, 0.4) is 0 Å². The molecule has 1 N–H and O–H groups in total. The summed E-state index contributed by atoms with van der Waals surface area (Å²) >= 11 is 0. The molecule has 5 heteroatoms. The molecule has 0 aliphatic carbocycles. The number of hydrogen-bond acceptors (Lipinski definition) is 4. The van der Waals surface area contributed by atoms with E-state index in [9.17, 15) is 9.59 Å². The summed E-state index contributed by atoms with van der Waals surface area (Å²) in [7, 11) is 0. The molecule has 18 heavy (non-hydrogen) atoms. The van der Waals surface area contributed by atoms with E-state index in [1.165, 1.54) is 0 Å². The second-order valence-corrected chi connectivity index (χ2v) is 4.53. The summed E-state index contributed by atoms with van der Waals surface area (Å²) in [4.78, 5) is 21.5. The number of nitrogens with one attached hydrogen (secondary N) is 1. The van der Waals surface area contributed by atoms with E-state index < -0.39 is 0 Å². The average Bonchev–Trinajstić information content (AvgIpc) is 2.32. The van der Waals surface area contributed by atoms with Gasteiger partial charge in [-0.2, -0.15) is 0 Å². The molecule has 0 aromatic rings. The maximum absolute atomic E-state index is 11.5. The number of hydrogen-bond donors (Lipinski definition) is 1. The summed E-state index contributed by atoms with van der Waals surface area (Å²) in [5.74, 6) is 0.444. The highest BCUT2D eigenvalue weighted by Gasteiger charge is 2.10. The minimum absolute atomic E-state index is 0.0121. The quantitative estimate of drug-likeness (QED) is 0.447. The molecule has 0 bridgehead atoms. The summed E-state index contributed by atoms with van der Waals surface area (Å²) in [6, 6.07) is 0.184. The van der Waals surface area contributed by atoms with Crippen LogP contribution in [0.15, 0.2) is 0 Å². The first-order valence-corrected chi connectivity index (χ1v) is 6.46. The largest absolute Gasteiger partial charge is 0.379 e. The maximum Gasteiger partial charge on any atom is 0.222 e. The third kappa shape index (κ3) is 10.2. The Morgan fingerprint density at radius 3 is 2.28 bits per heavy atom. The van der Waals surface area contributed by atoms with Crippen molar-refractivity contribution in [2.45, 2.75) is 39.7 Å². The van der Waals surface area contributed by atoms with Gasteiger partial charge in [0.1, 0.15) is 6.29 Å². The van der Waals surface area contributed by atoms with Gasteiger partial charge in [0.2, 0.25) is 5.91 Å². The Bertz CT molecular complexity index is 231. The molecule has 106 valence electrons. The maximum atomic E-state index is 11.5. The van der Waals surface area contributed by atoms with E-state index in [0.717, 1.165) is 6.29 Å². The second kappa shape index (κ2) is 11.2. The van der Waals surface area contributed by atoms with E-state index in [1.807, 2.05) is 6.92 Å². The fourth-order valence-electron chi connectivity index (χ4n) is 1.11. The van der Waals surface area contributed by atoms with Crippen LogP contribution in [0, 0.1) is 5.92 Å². The standard InChI is InChI=1S/C13H25NO4/c1-11(2)12(3)14-13(16)5-8-18-10-9-17-7-4-6-15/h6,11-12H,4-5,7-10H2,1-3H3,(H,14,16). The molecule has 0 aromatic heterocycles. The van der Waals surface area contributed by atoms with E-state index >= 15 is 0 Å². The molecule has 0 fully saturated rings. The summed E-state index contributed by atoms with van der Waals surface area (Å²) in [5.41, 5.74) is 0. The molecule has 0 rings (SSSR count). The van der Waals surface area contributed by atoms with Crippen molar-refractivity contribution in [1.82, 2.24) is 5.32 Å². The lowest BCUT2D eigenvalue weighted by Crippen LogP contribution is -2.36. The van der Waals surface area contributed by atoms with Gasteiger partial charge in [-0.05, 0) is 12.8 Å². The van der Waals surface area contributed by atoms with Crippen LogP contribution in [0.5, 0.6) is 0 Å². The predicted molar refractivity (Wildman–Crippen MR) is 69.4 cm³/mol. The second-order valence-electron chi connectivity index (χ2n) is 4.53. The monoisotopic (exact) mass is 259 g/mol. The Balaban J connectivity index is 3.33. The molecular weight excluding hydrogens is 234 g/mol. The molecule has 0 radical (unpaired) electrons. The fraction of sp³-hybridized carbons (Fsp3) is 0.846. The number of amides is 1. The van der Waals surface area contributed by atoms with Crippen LogP contribution in [0.1, 0.15) is 33.6 Å². The van der Waals surface area contributed by atoms with Gasteiger partial charge in [0.05, 0.1) is 26.4 Å². The predicted octanol–water partition coefficient (Wildman–Crippen LogP) is 1.16. The highest BCUT2D eigenvalue weighted by Crippen LogP contribution is 1.99. The smallest absolute Gasteiger partial charge is 0.222 e.